The largest absolute Gasteiger partial charge is 0.265 e. The van der Waals surface area contributed by atoms with Crippen LogP contribution < -0.4 is 4.72 Å². The van der Waals surface area contributed by atoms with E-state index >= 15 is 0 Å². The maximum Gasteiger partial charge on any atom is 0.250 e. The van der Waals surface area contributed by atoms with Crippen molar-refractivity contribution in [1.82, 2.24) is 14.5 Å². The molecule has 0 fully saturated rings. The molecule has 0 spiro atoms. The molecular formula is C21H23N3O2S2. The normalized spacial score (nSPS) is 19.4. The van der Waals surface area contributed by atoms with E-state index in [4.69, 9.17) is 5.10 Å². The van der Waals surface area contributed by atoms with Gasteiger partial charge in [-0.25, -0.2) is 13.1 Å². The number of nitrogens with zero attached hydrogens (tertiary/aromatic N) is 2. The van der Waals surface area contributed by atoms with Gasteiger partial charge in [-0.15, -0.1) is 11.3 Å². The smallest absolute Gasteiger partial charge is 0.250 e. The molecule has 0 radical (unpaired) electrons. The van der Waals surface area contributed by atoms with Gasteiger partial charge in [-0.3, -0.25) is 4.68 Å². The highest BCUT2D eigenvalue weighted by atomic mass is 32.2. The Morgan fingerprint density at radius 1 is 1.14 bits per heavy atom. The van der Waals surface area contributed by atoms with Gasteiger partial charge in [0.05, 0.1) is 12.2 Å². The average molecular weight is 414 g/mol. The predicted molar refractivity (Wildman–Crippen MR) is 112 cm³/mol. The quantitative estimate of drug-likeness (QED) is 0.621. The van der Waals surface area contributed by atoms with E-state index in [0.717, 1.165) is 17.9 Å². The Balaban J connectivity index is 1.49. The molecule has 0 unspecified atom stereocenters. The van der Waals surface area contributed by atoms with Gasteiger partial charge in [-0.1, -0.05) is 48.6 Å². The van der Waals surface area contributed by atoms with Crippen LogP contribution >= 0.6 is 11.3 Å². The Morgan fingerprint density at radius 3 is 2.64 bits per heavy atom. The monoisotopic (exact) mass is 413 g/mol. The van der Waals surface area contributed by atoms with E-state index in [2.05, 4.69) is 29.9 Å². The molecule has 0 saturated heterocycles. The van der Waals surface area contributed by atoms with Gasteiger partial charge in [-0.05, 0) is 37.3 Å². The third kappa shape index (κ3) is 3.83. The van der Waals surface area contributed by atoms with Crippen LogP contribution in [0.15, 0.2) is 64.2 Å². The van der Waals surface area contributed by atoms with E-state index in [1.54, 1.807) is 17.5 Å². The lowest BCUT2D eigenvalue weighted by molar-refractivity contribution is 0.565. The number of aromatic nitrogens is 2. The first kappa shape index (κ1) is 19.1. The minimum Gasteiger partial charge on any atom is -0.265 e. The van der Waals surface area contributed by atoms with Crippen molar-refractivity contribution in [2.75, 3.05) is 0 Å². The Hall–Kier alpha value is -2.22. The van der Waals surface area contributed by atoms with Crippen molar-refractivity contribution >= 4 is 21.4 Å². The molecule has 0 bridgehead atoms. The Kier molecular flexibility index (Phi) is 5.23. The van der Waals surface area contributed by atoms with Gasteiger partial charge in [0.15, 0.2) is 0 Å². The zero-order valence-electron chi connectivity index (χ0n) is 15.9. The predicted octanol–water partition coefficient (Wildman–Crippen LogP) is 4.00. The first-order valence-electron chi connectivity index (χ1n) is 9.26. The summed E-state index contributed by atoms with van der Waals surface area (Å²) < 4.78 is 30.2. The summed E-state index contributed by atoms with van der Waals surface area (Å²) in [4.78, 5) is 0. The van der Waals surface area contributed by atoms with E-state index in [0.29, 0.717) is 10.6 Å². The lowest BCUT2D eigenvalue weighted by atomic mass is 9.96. The number of sulfonamides is 1. The number of aryl methyl sites for hydroxylation is 1. The molecule has 0 amide bonds. The zero-order chi connectivity index (χ0) is 19.7. The molecule has 7 heteroatoms. The van der Waals surface area contributed by atoms with Gasteiger partial charge in [0.25, 0.3) is 10.0 Å². The van der Waals surface area contributed by atoms with Gasteiger partial charge >= 0.3 is 0 Å². The van der Waals surface area contributed by atoms with E-state index in [1.165, 1.54) is 22.5 Å². The van der Waals surface area contributed by atoms with Gasteiger partial charge in [-0.2, -0.15) is 5.10 Å². The van der Waals surface area contributed by atoms with E-state index in [1.807, 2.05) is 35.9 Å². The Bertz CT molecular complexity index is 1080. The Morgan fingerprint density at radius 2 is 1.93 bits per heavy atom. The highest BCUT2D eigenvalue weighted by Gasteiger charge is 2.29. The van der Waals surface area contributed by atoms with Crippen LogP contribution in [0.3, 0.4) is 0 Å². The first-order valence-corrected chi connectivity index (χ1v) is 11.6. The molecule has 0 saturated carbocycles. The van der Waals surface area contributed by atoms with Gasteiger partial charge in [0.2, 0.25) is 0 Å². The molecular weight excluding hydrogens is 390 g/mol. The maximum atomic E-state index is 12.5. The summed E-state index contributed by atoms with van der Waals surface area (Å²) in [6.07, 6.45) is 4.78. The lowest BCUT2D eigenvalue weighted by Gasteiger charge is -2.14. The van der Waals surface area contributed by atoms with Gasteiger partial charge in [0.1, 0.15) is 4.21 Å². The Labute approximate surface area is 169 Å². The molecule has 1 aliphatic carbocycles. The number of thiophene rings is 1. The second kappa shape index (κ2) is 7.66. The van der Waals surface area contributed by atoms with Gasteiger partial charge in [0, 0.05) is 23.2 Å². The third-order valence-corrected chi connectivity index (χ3v) is 8.02. The summed E-state index contributed by atoms with van der Waals surface area (Å²) in [6.45, 7) is 4.86. The van der Waals surface area contributed by atoms with Crippen LogP contribution in [0.4, 0.5) is 0 Å². The molecule has 4 rings (SSSR count). The standard InChI is InChI=1S/C21H23N3O2S2/c1-15-21(16(2)24(22-15)14-17-7-4-3-5-8-17)18-10-11-19(13-18)23-28(25,26)20-9-6-12-27-20/h3-12,18-19,23H,13-14H2,1-2H3/t18-,19-/m1/s1. The number of hydrogen-bond donors (Lipinski definition) is 1. The molecule has 1 aliphatic rings. The maximum absolute atomic E-state index is 12.5. The fourth-order valence-electron chi connectivity index (χ4n) is 3.83. The summed E-state index contributed by atoms with van der Waals surface area (Å²) in [5.41, 5.74) is 4.55. The summed E-state index contributed by atoms with van der Waals surface area (Å²) in [6, 6.07) is 13.5. The summed E-state index contributed by atoms with van der Waals surface area (Å²) in [5.74, 6) is 0.167. The molecule has 0 aliphatic heterocycles. The molecule has 5 nitrogen and oxygen atoms in total. The molecule has 28 heavy (non-hydrogen) atoms. The van der Waals surface area contributed by atoms with Crippen molar-refractivity contribution in [3.05, 3.63) is 82.5 Å². The minimum absolute atomic E-state index is 0.167. The van der Waals surface area contributed by atoms with Crippen LogP contribution in [0.1, 0.15) is 34.9 Å². The molecule has 3 aromatic rings. The van der Waals surface area contributed by atoms with E-state index in [9.17, 15) is 8.42 Å². The van der Waals surface area contributed by atoms with E-state index < -0.39 is 10.0 Å². The molecule has 2 atom stereocenters. The zero-order valence-corrected chi connectivity index (χ0v) is 17.5. The third-order valence-electron chi connectivity index (χ3n) is 5.13. The number of allylic oxidation sites excluding steroid dienone is 1. The van der Waals surface area contributed by atoms with E-state index in [-0.39, 0.29) is 12.0 Å². The van der Waals surface area contributed by atoms with Crippen molar-refractivity contribution in [2.24, 2.45) is 0 Å². The number of benzene rings is 1. The first-order chi connectivity index (χ1) is 13.4. The summed E-state index contributed by atoms with van der Waals surface area (Å²) in [5, 5.41) is 6.51. The highest BCUT2D eigenvalue weighted by molar-refractivity contribution is 7.91. The molecule has 1 N–H and O–H groups in total. The fourth-order valence-corrected chi connectivity index (χ4v) is 6.05. The molecule has 2 heterocycles. The fraction of sp³-hybridized carbons (Fsp3) is 0.286. The molecule has 1 aromatic carbocycles. The van der Waals surface area contributed by atoms with Crippen molar-refractivity contribution in [2.45, 2.75) is 43.0 Å². The van der Waals surface area contributed by atoms with Crippen LogP contribution in [0, 0.1) is 13.8 Å². The topological polar surface area (TPSA) is 64.0 Å². The van der Waals surface area contributed by atoms with Crippen LogP contribution in [0.5, 0.6) is 0 Å². The minimum atomic E-state index is -3.47. The summed E-state index contributed by atoms with van der Waals surface area (Å²) >= 11 is 1.23. The highest BCUT2D eigenvalue weighted by Crippen LogP contribution is 2.34. The van der Waals surface area contributed by atoms with Crippen molar-refractivity contribution in [3.8, 4) is 0 Å². The van der Waals surface area contributed by atoms with Crippen molar-refractivity contribution < 1.29 is 8.42 Å². The second-order valence-electron chi connectivity index (χ2n) is 7.11. The van der Waals surface area contributed by atoms with Crippen LogP contribution in [-0.2, 0) is 16.6 Å². The number of nitrogens with one attached hydrogen (secondary N) is 1. The van der Waals surface area contributed by atoms with Gasteiger partial charge < -0.3 is 0 Å². The number of rotatable bonds is 6. The average Bonchev–Trinajstić information content (AvgIpc) is 3.38. The molecule has 2 aromatic heterocycles. The van der Waals surface area contributed by atoms with Crippen LogP contribution in [0.2, 0.25) is 0 Å². The van der Waals surface area contributed by atoms with Crippen molar-refractivity contribution in [3.63, 3.8) is 0 Å². The van der Waals surface area contributed by atoms with Crippen molar-refractivity contribution in [1.29, 1.82) is 0 Å². The summed E-state index contributed by atoms with van der Waals surface area (Å²) in [7, 11) is -3.47. The lowest BCUT2D eigenvalue weighted by Crippen LogP contribution is -2.32. The SMILES string of the molecule is Cc1nn(Cc2ccccc2)c(C)c1[C@@H]1C=C[C@@H](NS(=O)(=O)c2cccs2)C1. The van der Waals surface area contributed by atoms with Crippen LogP contribution in [-0.4, -0.2) is 24.2 Å². The second-order valence-corrected chi connectivity index (χ2v) is 10.0. The number of hydrogen-bond acceptors (Lipinski definition) is 4. The van der Waals surface area contributed by atoms with Crippen LogP contribution in [0.25, 0.3) is 0 Å². The molecule has 146 valence electrons.